The normalized spacial score (nSPS) is 10.5. The fourth-order valence-electron chi connectivity index (χ4n) is 2.58. The van der Waals surface area contributed by atoms with Gasteiger partial charge in [-0.15, -0.1) is 0 Å². The predicted molar refractivity (Wildman–Crippen MR) is 109 cm³/mol. The molecule has 2 N–H and O–H groups in total. The zero-order chi connectivity index (χ0) is 17.7. The molecule has 0 bridgehead atoms. The third-order valence-corrected chi connectivity index (χ3v) is 4.21. The predicted octanol–water partition coefficient (Wildman–Crippen LogP) is 6.21. The highest BCUT2D eigenvalue weighted by Crippen LogP contribution is 2.17. The van der Waals surface area contributed by atoms with Crippen molar-refractivity contribution < 1.29 is 4.74 Å². The first-order chi connectivity index (χ1) is 12.3. The van der Waals surface area contributed by atoms with E-state index in [1.165, 1.54) is 25.7 Å². The van der Waals surface area contributed by atoms with Crippen molar-refractivity contribution in [3.63, 3.8) is 0 Å². The fraction of sp³-hybridized carbons (Fsp3) is 0.429. The summed E-state index contributed by atoms with van der Waals surface area (Å²) in [5.41, 5.74) is 2.14. The minimum absolute atomic E-state index is 0.749. The molecule has 0 aliphatic carbocycles. The number of rotatable bonds is 12. The lowest BCUT2D eigenvalue weighted by Crippen LogP contribution is -2.13. The van der Waals surface area contributed by atoms with E-state index in [9.17, 15) is 0 Å². The van der Waals surface area contributed by atoms with Gasteiger partial charge in [0, 0.05) is 29.5 Å². The second-order valence-electron chi connectivity index (χ2n) is 6.15. The molecule has 2 aromatic rings. The highest BCUT2D eigenvalue weighted by Gasteiger charge is 1.97. The van der Waals surface area contributed by atoms with Crippen LogP contribution in [0, 0.1) is 0 Å². The Hall–Kier alpha value is -1.87. The Balaban J connectivity index is 1.60. The summed E-state index contributed by atoms with van der Waals surface area (Å²) in [4.78, 5) is 0. The summed E-state index contributed by atoms with van der Waals surface area (Å²) in [7, 11) is 0. The molecule has 3 nitrogen and oxygen atoms in total. The topological polar surface area (TPSA) is 33.3 Å². The summed E-state index contributed by atoms with van der Waals surface area (Å²) in [5, 5.41) is 7.49. The molecular formula is C21H29ClN2O. The van der Waals surface area contributed by atoms with Crippen molar-refractivity contribution in [2.75, 3.05) is 30.3 Å². The highest BCUT2D eigenvalue weighted by molar-refractivity contribution is 6.30. The van der Waals surface area contributed by atoms with Crippen LogP contribution in [-0.4, -0.2) is 19.7 Å². The number of hydrogen-bond acceptors (Lipinski definition) is 3. The molecule has 0 aliphatic heterocycles. The second-order valence-corrected chi connectivity index (χ2v) is 6.59. The maximum absolute atomic E-state index is 5.97. The van der Waals surface area contributed by atoms with Gasteiger partial charge >= 0.3 is 0 Å². The van der Waals surface area contributed by atoms with Crippen molar-refractivity contribution in [1.82, 2.24) is 0 Å². The van der Waals surface area contributed by atoms with Gasteiger partial charge in [-0.1, -0.05) is 50.3 Å². The molecule has 2 rings (SSSR count). The summed E-state index contributed by atoms with van der Waals surface area (Å²) < 4.78 is 5.78. The summed E-state index contributed by atoms with van der Waals surface area (Å²) in [5.74, 6) is 0.943. The van der Waals surface area contributed by atoms with Gasteiger partial charge in [0.05, 0.1) is 6.61 Å². The average molecular weight is 361 g/mol. The Bertz CT molecular complexity index is 601. The molecule has 0 fully saturated rings. The molecule has 0 unspecified atom stereocenters. The van der Waals surface area contributed by atoms with Gasteiger partial charge in [-0.05, 0) is 48.9 Å². The summed E-state index contributed by atoms with van der Waals surface area (Å²) in [6.45, 7) is 4.71. The first-order valence-electron chi connectivity index (χ1n) is 9.24. The fourth-order valence-corrected chi connectivity index (χ4v) is 2.77. The van der Waals surface area contributed by atoms with E-state index >= 15 is 0 Å². The second kappa shape index (κ2) is 11.6. The zero-order valence-corrected chi connectivity index (χ0v) is 15.8. The first kappa shape index (κ1) is 19.5. The van der Waals surface area contributed by atoms with Gasteiger partial charge in [0.2, 0.25) is 0 Å². The molecule has 25 heavy (non-hydrogen) atoms. The van der Waals surface area contributed by atoms with Gasteiger partial charge < -0.3 is 15.4 Å². The van der Waals surface area contributed by atoms with Crippen LogP contribution in [0.15, 0.2) is 48.5 Å². The van der Waals surface area contributed by atoms with Gasteiger partial charge in [-0.3, -0.25) is 0 Å². The number of halogens is 1. The standard InChI is InChI=1S/C21H29ClN2O/c1-2-3-4-5-6-16-25-21-12-10-19(11-13-21)23-14-15-24-20-9-7-8-18(22)17-20/h7-13,17,23-24H,2-6,14-16H2,1H3. The minimum atomic E-state index is 0.749. The zero-order valence-electron chi connectivity index (χ0n) is 15.1. The van der Waals surface area contributed by atoms with E-state index in [4.69, 9.17) is 16.3 Å². The van der Waals surface area contributed by atoms with Crippen LogP contribution in [0.3, 0.4) is 0 Å². The Morgan fingerprint density at radius 3 is 2.28 bits per heavy atom. The SMILES string of the molecule is CCCCCCCOc1ccc(NCCNc2cccc(Cl)c2)cc1. The summed E-state index contributed by atoms with van der Waals surface area (Å²) in [6, 6.07) is 15.9. The number of unbranched alkanes of at least 4 members (excludes halogenated alkanes) is 4. The molecular weight excluding hydrogens is 332 g/mol. The van der Waals surface area contributed by atoms with Crippen LogP contribution in [-0.2, 0) is 0 Å². The molecule has 0 atom stereocenters. The lowest BCUT2D eigenvalue weighted by atomic mass is 10.2. The van der Waals surface area contributed by atoms with Crippen molar-refractivity contribution in [1.29, 1.82) is 0 Å². The Labute approximate surface area is 156 Å². The Morgan fingerprint density at radius 1 is 0.840 bits per heavy atom. The van der Waals surface area contributed by atoms with Gasteiger partial charge in [-0.2, -0.15) is 0 Å². The molecule has 0 spiro atoms. The van der Waals surface area contributed by atoms with Gasteiger partial charge in [-0.25, -0.2) is 0 Å². The van der Waals surface area contributed by atoms with Crippen molar-refractivity contribution in [2.24, 2.45) is 0 Å². The molecule has 0 radical (unpaired) electrons. The smallest absolute Gasteiger partial charge is 0.119 e. The third-order valence-electron chi connectivity index (χ3n) is 3.98. The van der Waals surface area contributed by atoms with Crippen LogP contribution in [0.25, 0.3) is 0 Å². The van der Waals surface area contributed by atoms with Crippen LogP contribution >= 0.6 is 11.6 Å². The van der Waals surface area contributed by atoms with E-state index < -0.39 is 0 Å². The van der Waals surface area contributed by atoms with Crippen molar-refractivity contribution in [3.8, 4) is 5.75 Å². The van der Waals surface area contributed by atoms with Crippen LogP contribution in [0.5, 0.6) is 5.75 Å². The van der Waals surface area contributed by atoms with Crippen LogP contribution in [0.1, 0.15) is 39.0 Å². The average Bonchev–Trinajstić information content (AvgIpc) is 2.63. The molecule has 4 heteroatoms. The van der Waals surface area contributed by atoms with E-state index in [2.05, 4.69) is 29.7 Å². The summed E-state index contributed by atoms with van der Waals surface area (Å²) >= 11 is 5.97. The number of benzene rings is 2. The van der Waals surface area contributed by atoms with E-state index in [0.717, 1.165) is 48.3 Å². The monoisotopic (exact) mass is 360 g/mol. The van der Waals surface area contributed by atoms with Crippen LogP contribution in [0.2, 0.25) is 5.02 Å². The lowest BCUT2D eigenvalue weighted by Gasteiger charge is -2.10. The maximum atomic E-state index is 5.97. The number of ether oxygens (including phenoxy) is 1. The largest absolute Gasteiger partial charge is 0.494 e. The van der Waals surface area contributed by atoms with Gasteiger partial charge in [0.15, 0.2) is 0 Å². The molecule has 2 aromatic carbocycles. The molecule has 136 valence electrons. The van der Waals surface area contributed by atoms with E-state index in [1.807, 2.05) is 36.4 Å². The van der Waals surface area contributed by atoms with E-state index in [-0.39, 0.29) is 0 Å². The number of hydrogen-bond donors (Lipinski definition) is 2. The highest BCUT2D eigenvalue weighted by atomic mass is 35.5. The molecule has 0 heterocycles. The number of anilines is 2. The van der Waals surface area contributed by atoms with E-state index in [0.29, 0.717) is 0 Å². The third kappa shape index (κ3) is 8.17. The molecule has 0 saturated carbocycles. The van der Waals surface area contributed by atoms with Crippen molar-refractivity contribution >= 4 is 23.0 Å². The minimum Gasteiger partial charge on any atom is -0.494 e. The molecule has 0 saturated heterocycles. The first-order valence-corrected chi connectivity index (χ1v) is 9.62. The molecule has 0 aromatic heterocycles. The van der Waals surface area contributed by atoms with Crippen molar-refractivity contribution in [3.05, 3.63) is 53.6 Å². The quantitative estimate of drug-likeness (QED) is 0.441. The lowest BCUT2D eigenvalue weighted by molar-refractivity contribution is 0.304. The van der Waals surface area contributed by atoms with Gasteiger partial charge in [0.1, 0.15) is 5.75 Å². The molecule has 0 aliphatic rings. The summed E-state index contributed by atoms with van der Waals surface area (Å²) in [6.07, 6.45) is 6.31. The Kier molecular flexibility index (Phi) is 9.06. The van der Waals surface area contributed by atoms with Crippen molar-refractivity contribution in [2.45, 2.75) is 39.0 Å². The molecule has 0 amide bonds. The maximum Gasteiger partial charge on any atom is 0.119 e. The van der Waals surface area contributed by atoms with Gasteiger partial charge in [0.25, 0.3) is 0 Å². The number of nitrogens with one attached hydrogen (secondary N) is 2. The van der Waals surface area contributed by atoms with E-state index in [1.54, 1.807) is 0 Å². The van der Waals surface area contributed by atoms with Crippen LogP contribution in [0.4, 0.5) is 11.4 Å². The van der Waals surface area contributed by atoms with Crippen LogP contribution < -0.4 is 15.4 Å². The Morgan fingerprint density at radius 2 is 1.56 bits per heavy atom.